The van der Waals surface area contributed by atoms with Gasteiger partial charge in [0.1, 0.15) is 5.60 Å². The Bertz CT molecular complexity index is 752. The van der Waals surface area contributed by atoms with Crippen LogP contribution >= 0.6 is 0 Å². The number of aromatic nitrogens is 2. The standard InChI is InChI=1S/C14H23N5O4S/c1-10-8-18-12(9-17(10)13(20)23-14(2,3)4)11(7-15-18)19-6-5-16-24(19,21)22/h7,10,16H,5-6,8-9H2,1-4H3/t10-/m0/s1. The Morgan fingerprint density at radius 2 is 2.12 bits per heavy atom. The maximum absolute atomic E-state index is 12.4. The fourth-order valence-corrected chi connectivity index (χ4v) is 4.13. The van der Waals surface area contributed by atoms with Gasteiger partial charge in [-0.1, -0.05) is 0 Å². The van der Waals surface area contributed by atoms with E-state index < -0.39 is 21.9 Å². The third-order valence-corrected chi connectivity index (χ3v) is 5.53. The van der Waals surface area contributed by atoms with E-state index in [0.29, 0.717) is 31.0 Å². The molecule has 1 amide bonds. The molecule has 0 radical (unpaired) electrons. The van der Waals surface area contributed by atoms with Crippen LogP contribution in [0.15, 0.2) is 6.20 Å². The SMILES string of the molecule is C[C@H]1Cn2ncc(N3CCNS3(=O)=O)c2CN1C(=O)OC(C)(C)C. The molecule has 1 aromatic rings. The van der Waals surface area contributed by atoms with Crippen molar-refractivity contribution in [3.05, 3.63) is 11.9 Å². The molecule has 1 N–H and O–H groups in total. The zero-order valence-corrected chi connectivity index (χ0v) is 15.1. The average molecular weight is 357 g/mol. The highest BCUT2D eigenvalue weighted by atomic mass is 32.2. The van der Waals surface area contributed by atoms with Crippen LogP contribution in [0.1, 0.15) is 33.4 Å². The summed E-state index contributed by atoms with van der Waals surface area (Å²) < 4.78 is 35.2. The molecule has 1 aromatic heterocycles. The van der Waals surface area contributed by atoms with E-state index in [4.69, 9.17) is 4.74 Å². The number of nitrogens with one attached hydrogen (secondary N) is 1. The Balaban J connectivity index is 1.88. The van der Waals surface area contributed by atoms with Gasteiger partial charge >= 0.3 is 16.3 Å². The summed E-state index contributed by atoms with van der Waals surface area (Å²) in [6, 6.07) is -0.0894. The first kappa shape index (κ1) is 17.0. The number of fused-ring (bicyclic) bond motifs is 1. The first-order valence-electron chi connectivity index (χ1n) is 7.90. The minimum absolute atomic E-state index is 0.0894. The molecular weight excluding hydrogens is 334 g/mol. The highest BCUT2D eigenvalue weighted by Gasteiger charge is 2.36. The van der Waals surface area contributed by atoms with Gasteiger partial charge in [-0.2, -0.15) is 18.2 Å². The monoisotopic (exact) mass is 357 g/mol. The number of hydrogen-bond acceptors (Lipinski definition) is 5. The molecule has 0 unspecified atom stereocenters. The van der Waals surface area contributed by atoms with Crippen LogP contribution in [0.4, 0.5) is 10.5 Å². The lowest BCUT2D eigenvalue weighted by molar-refractivity contribution is 0.00914. The van der Waals surface area contributed by atoms with E-state index in [-0.39, 0.29) is 12.6 Å². The minimum atomic E-state index is -3.53. The molecule has 9 nitrogen and oxygen atoms in total. The van der Waals surface area contributed by atoms with E-state index in [0.717, 1.165) is 0 Å². The zero-order valence-electron chi connectivity index (χ0n) is 14.3. The zero-order chi connectivity index (χ0) is 17.7. The number of carbonyl (C=O) groups excluding carboxylic acids is 1. The second-order valence-electron chi connectivity index (χ2n) is 7.09. The summed E-state index contributed by atoms with van der Waals surface area (Å²) in [6.45, 7) is 8.84. The van der Waals surface area contributed by atoms with Gasteiger partial charge < -0.3 is 4.74 Å². The Kier molecular flexibility index (Phi) is 3.99. The smallest absolute Gasteiger partial charge is 0.410 e. The Morgan fingerprint density at radius 3 is 2.71 bits per heavy atom. The third-order valence-electron chi connectivity index (χ3n) is 4.00. The molecule has 0 bridgehead atoms. The molecule has 10 heteroatoms. The molecule has 134 valence electrons. The van der Waals surface area contributed by atoms with Gasteiger partial charge in [-0.3, -0.25) is 13.9 Å². The summed E-state index contributed by atoms with van der Waals surface area (Å²) in [6.07, 6.45) is 1.14. The number of hydrogen-bond donors (Lipinski definition) is 1. The molecule has 0 aliphatic carbocycles. The van der Waals surface area contributed by atoms with Crippen molar-refractivity contribution in [1.29, 1.82) is 0 Å². The summed E-state index contributed by atoms with van der Waals surface area (Å²) in [5.74, 6) is 0. The molecule has 2 aliphatic heterocycles. The summed E-state index contributed by atoms with van der Waals surface area (Å²) in [7, 11) is -3.53. The third kappa shape index (κ3) is 3.07. The second kappa shape index (κ2) is 5.62. The molecule has 1 atom stereocenters. The second-order valence-corrected chi connectivity index (χ2v) is 8.77. The van der Waals surface area contributed by atoms with E-state index >= 15 is 0 Å². The molecule has 0 spiro atoms. The molecular formula is C14H23N5O4S. The van der Waals surface area contributed by atoms with Gasteiger partial charge in [0.05, 0.1) is 36.7 Å². The summed E-state index contributed by atoms with van der Waals surface area (Å²) in [4.78, 5) is 14.1. The van der Waals surface area contributed by atoms with Crippen molar-refractivity contribution >= 4 is 22.0 Å². The van der Waals surface area contributed by atoms with Gasteiger partial charge in [-0.05, 0) is 27.7 Å². The van der Waals surface area contributed by atoms with Crippen LogP contribution in [0.3, 0.4) is 0 Å². The molecule has 3 heterocycles. The molecule has 3 rings (SSSR count). The first-order valence-corrected chi connectivity index (χ1v) is 9.34. The number of amides is 1. The number of anilines is 1. The van der Waals surface area contributed by atoms with Crippen molar-refractivity contribution in [3.63, 3.8) is 0 Å². The molecule has 1 fully saturated rings. The first-order chi connectivity index (χ1) is 11.1. The van der Waals surface area contributed by atoms with Gasteiger partial charge in [-0.15, -0.1) is 0 Å². The lowest BCUT2D eigenvalue weighted by Crippen LogP contribution is -2.47. The number of rotatable bonds is 1. The highest BCUT2D eigenvalue weighted by molar-refractivity contribution is 7.91. The molecule has 2 aliphatic rings. The topological polar surface area (TPSA) is 96.8 Å². The fourth-order valence-electron chi connectivity index (χ4n) is 2.88. The Hall–Kier alpha value is -1.81. The van der Waals surface area contributed by atoms with Crippen molar-refractivity contribution in [1.82, 2.24) is 19.4 Å². The predicted octanol–water partition coefficient (Wildman–Crippen LogP) is 0.677. The normalized spacial score (nSPS) is 23.2. The van der Waals surface area contributed by atoms with E-state index in [1.165, 1.54) is 4.31 Å². The maximum Gasteiger partial charge on any atom is 0.410 e. The van der Waals surface area contributed by atoms with Crippen LogP contribution in [0.2, 0.25) is 0 Å². The van der Waals surface area contributed by atoms with Crippen LogP contribution < -0.4 is 9.03 Å². The maximum atomic E-state index is 12.4. The number of carbonyl (C=O) groups is 1. The summed E-state index contributed by atoms with van der Waals surface area (Å²) in [5, 5.41) is 4.29. The van der Waals surface area contributed by atoms with E-state index in [1.54, 1.807) is 15.8 Å². The molecule has 0 aromatic carbocycles. The van der Waals surface area contributed by atoms with Crippen molar-refractivity contribution < 1.29 is 17.9 Å². The van der Waals surface area contributed by atoms with E-state index in [9.17, 15) is 13.2 Å². The van der Waals surface area contributed by atoms with Gasteiger partial charge in [-0.25, -0.2) is 4.79 Å². The number of ether oxygens (including phenoxy) is 1. The van der Waals surface area contributed by atoms with Crippen molar-refractivity contribution in [3.8, 4) is 0 Å². The van der Waals surface area contributed by atoms with E-state index in [1.807, 2.05) is 27.7 Å². The fraction of sp³-hybridized carbons (Fsp3) is 0.714. The van der Waals surface area contributed by atoms with Crippen LogP contribution in [-0.4, -0.2) is 53.9 Å². The van der Waals surface area contributed by atoms with Crippen molar-refractivity contribution in [2.45, 2.75) is 52.4 Å². The molecule has 1 saturated heterocycles. The number of nitrogens with zero attached hydrogens (tertiary/aromatic N) is 4. The van der Waals surface area contributed by atoms with E-state index in [2.05, 4.69) is 9.82 Å². The van der Waals surface area contributed by atoms with Crippen LogP contribution in [0.5, 0.6) is 0 Å². The largest absolute Gasteiger partial charge is 0.444 e. The van der Waals surface area contributed by atoms with Gasteiger partial charge in [0.2, 0.25) is 0 Å². The van der Waals surface area contributed by atoms with Crippen molar-refractivity contribution in [2.24, 2.45) is 0 Å². The lowest BCUT2D eigenvalue weighted by Gasteiger charge is -2.35. The molecule has 24 heavy (non-hydrogen) atoms. The van der Waals surface area contributed by atoms with Gasteiger partial charge in [0, 0.05) is 13.1 Å². The molecule has 0 saturated carbocycles. The van der Waals surface area contributed by atoms with Crippen LogP contribution in [0, 0.1) is 0 Å². The summed E-state index contributed by atoms with van der Waals surface area (Å²) in [5.41, 5.74) is 0.631. The van der Waals surface area contributed by atoms with Gasteiger partial charge in [0.15, 0.2) is 0 Å². The predicted molar refractivity (Wildman–Crippen MR) is 87.7 cm³/mol. The lowest BCUT2D eigenvalue weighted by atomic mass is 10.2. The van der Waals surface area contributed by atoms with Crippen LogP contribution in [0.25, 0.3) is 0 Å². The van der Waals surface area contributed by atoms with Crippen molar-refractivity contribution in [2.75, 3.05) is 17.4 Å². The Labute approximate surface area is 141 Å². The average Bonchev–Trinajstić information content (AvgIpc) is 2.97. The van der Waals surface area contributed by atoms with Gasteiger partial charge in [0.25, 0.3) is 0 Å². The highest BCUT2D eigenvalue weighted by Crippen LogP contribution is 2.30. The quantitative estimate of drug-likeness (QED) is 0.797. The Morgan fingerprint density at radius 1 is 1.42 bits per heavy atom. The summed E-state index contributed by atoms with van der Waals surface area (Å²) >= 11 is 0. The minimum Gasteiger partial charge on any atom is -0.444 e. The van der Waals surface area contributed by atoms with Crippen LogP contribution in [-0.2, 0) is 28.0 Å².